The highest BCUT2D eigenvalue weighted by molar-refractivity contribution is 7.89. The molecule has 3 N–H and O–H groups in total. The van der Waals surface area contributed by atoms with E-state index in [4.69, 9.17) is 16.3 Å². The summed E-state index contributed by atoms with van der Waals surface area (Å²) < 4.78 is 34.2. The predicted molar refractivity (Wildman–Crippen MR) is 151 cm³/mol. The van der Waals surface area contributed by atoms with Crippen LogP contribution in [-0.4, -0.2) is 79.6 Å². The first-order valence-corrected chi connectivity index (χ1v) is 14.6. The van der Waals surface area contributed by atoms with E-state index < -0.39 is 22.2 Å². The Labute approximate surface area is 235 Å². The van der Waals surface area contributed by atoms with Crippen molar-refractivity contribution in [3.8, 4) is 5.75 Å². The van der Waals surface area contributed by atoms with Gasteiger partial charge in [-0.3, -0.25) is 4.79 Å². The van der Waals surface area contributed by atoms with E-state index in [1.165, 1.54) is 35.6 Å². The van der Waals surface area contributed by atoms with Crippen LogP contribution in [0, 0.1) is 5.92 Å². The summed E-state index contributed by atoms with van der Waals surface area (Å²) in [4.78, 5) is 27.3. The molecule has 0 radical (unpaired) electrons. The van der Waals surface area contributed by atoms with Gasteiger partial charge in [0.05, 0.1) is 30.5 Å². The minimum Gasteiger partial charge on any atom is -0.488 e. The Hall–Kier alpha value is -2.86. The van der Waals surface area contributed by atoms with E-state index in [0.717, 1.165) is 0 Å². The third-order valence-electron chi connectivity index (χ3n) is 6.55. The lowest BCUT2D eigenvalue weighted by Gasteiger charge is -2.33. The second-order valence-electron chi connectivity index (χ2n) is 10.2. The first kappa shape index (κ1) is 30.7. The van der Waals surface area contributed by atoms with Gasteiger partial charge < -0.3 is 25.4 Å². The summed E-state index contributed by atoms with van der Waals surface area (Å²) in [5, 5.41) is 15.8. The number of aliphatic hydroxyl groups is 1. The third kappa shape index (κ3) is 7.84. The summed E-state index contributed by atoms with van der Waals surface area (Å²) in [6, 6.07) is 10.1. The molecule has 0 fully saturated rings. The lowest BCUT2D eigenvalue weighted by Crippen LogP contribution is -2.48. The number of aliphatic hydroxyl groups excluding tert-OH is 1. The van der Waals surface area contributed by atoms with Crippen LogP contribution in [-0.2, 0) is 21.2 Å². The molecule has 12 heteroatoms. The number of likely N-dealkylation sites (N-methyl/N-ethyl adjacent to an activating group) is 1. The van der Waals surface area contributed by atoms with Crippen LogP contribution in [0.15, 0.2) is 47.4 Å². The first-order chi connectivity index (χ1) is 18.3. The number of anilines is 1. The van der Waals surface area contributed by atoms with Crippen molar-refractivity contribution in [1.82, 2.24) is 14.5 Å². The third-order valence-corrected chi connectivity index (χ3v) is 8.64. The molecule has 2 aromatic carbocycles. The molecule has 10 nitrogen and oxygen atoms in total. The van der Waals surface area contributed by atoms with Crippen LogP contribution in [0.3, 0.4) is 0 Å². The second kappa shape index (κ2) is 13.0. The quantitative estimate of drug-likeness (QED) is 0.439. The van der Waals surface area contributed by atoms with Gasteiger partial charge in [0.1, 0.15) is 11.9 Å². The first-order valence-electron chi connectivity index (χ1n) is 12.8. The van der Waals surface area contributed by atoms with Crippen molar-refractivity contribution in [3.05, 3.63) is 53.1 Å². The summed E-state index contributed by atoms with van der Waals surface area (Å²) in [6.45, 7) is 7.38. The van der Waals surface area contributed by atoms with Crippen LogP contribution in [0.4, 0.5) is 10.5 Å². The van der Waals surface area contributed by atoms with Gasteiger partial charge >= 0.3 is 6.03 Å². The normalized spacial score (nSPS) is 19.0. The Bertz CT molecular complexity index is 1270. The summed E-state index contributed by atoms with van der Waals surface area (Å²) in [6.07, 6.45) is -0.641. The number of sulfonamides is 1. The molecule has 0 saturated carbocycles. The van der Waals surface area contributed by atoms with Gasteiger partial charge in [0.25, 0.3) is 0 Å². The number of benzene rings is 2. The lowest BCUT2D eigenvalue weighted by molar-refractivity contribution is -0.134. The van der Waals surface area contributed by atoms with Crippen molar-refractivity contribution in [2.75, 3.05) is 32.1 Å². The Morgan fingerprint density at radius 1 is 1.21 bits per heavy atom. The second-order valence-corrected chi connectivity index (χ2v) is 12.7. The van der Waals surface area contributed by atoms with E-state index in [-0.39, 0.29) is 54.9 Å². The summed E-state index contributed by atoms with van der Waals surface area (Å²) in [5.41, 5.74) is 1.02. The SMILES string of the molecule is CC(C)NC(=O)Nc1ccc2c(c1)CC(=O)N([C@H](C)CO)C[C@H](C)[C@@H](CN(C)S(=O)(=O)c1ccc(Cl)cc1)O2. The van der Waals surface area contributed by atoms with Gasteiger partial charge in [-0.05, 0) is 63.2 Å². The number of halogens is 1. The van der Waals surface area contributed by atoms with Crippen LogP contribution >= 0.6 is 11.6 Å². The highest BCUT2D eigenvalue weighted by atomic mass is 35.5. The highest BCUT2D eigenvalue weighted by Gasteiger charge is 2.33. The number of urea groups is 1. The molecule has 3 rings (SSSR count). The van der Waals surface area contributed by atoms with E-state index in [0.29, 0.717) is 22.0 Å². The minimum atomic E-state index is -3.84. The molecular weight excluding hydrogens is 544 g/mol. The average molecular weight is 581 g/mol. The van der Waals surface area contributed by atoms with Crippen LogP contribution in [0.25, 0.3) is 0 Å². The molecule has 39 heavy (non-hydrogen) atoms. The molecule has 0 unspecified atom stereocenters. The van der Waals surface area contributed by atoms with Crippen molar-refractivity contribution >= 4 is 39.2 Å². The maximum absolute atomic E-state index is 13.4. The number of rotatable bonds is 8. The average Bonchev–Trinajstić information content (AvgIpc) is 2.91. The molecule has 1 heterocycles. The van der Waals surface area contributed by atoms with Gasteiger partial charge in [-0.2, -0.15) is 4.31 Å². The number of carbonyl (C=O) groups excluding carboxylic acids is 2. The van der Waals surface area contributed by atoms with E-state index >= 15 is 0 Å². The zero-order valence-corrected chi connectivity index (χ0v) is 24.4. The van der Waals surface area contributed by atoms with Gasteiger partial charge in [-0.25, -0.2) is 13.2 Å². The molecule has 1 aliphatic rings. The monoisotopic (exact) mass is 580 g/mol. The standard InChI is InChI=1S/C27H37ClN4O6S/c1-17(2)29-27(35)30-22-8-11-24-20(12-22)13-26(34)32(19(4)16-33)14-18(3)25(38-24)15-31(5)39(36,37)23-9-6-21(28)7-10-23/h6-12,17-19,25,33H,13-16H2,1-5H3,(H2,29,30,35)/t18-,19+,25+/m0/s1. The molecule has 0 spiro atoms. The number of hydrogen-bond acceptors (Lipinski definition) is 6. The van der Waals surface area contributed by atoms with E-state index in [2.05, 4.69) is 10.6 Å². The van der Waals surface area contributed by atoms with Gasteiger partial charge in [-0.15, -0.1) is 0 Å². The maximum Gasteiger partial charge on any atom is 0.319 e. The van der Waals surface area contributed by atoms with Gasteiger partial charge in [-0.1, -0.05) is 18.5 Å². The van der Waals surface area contributed by atoms with Crippen molar-refractivity contribution < 1.29 is 27.9 Å². The molecule has 3 atom stereocenters. The number of nitrogens with one attached hydrogen (secondary N) is 2. The maximum atomic E-state index is 13.4. The molecule has 0 bridgehead atoms. The lowest BCUT2D eigenvalue weighted by atomic mass is 10.0. The number of carbonyl (C=O) groups is 2. The number of fused-ring (bicyclic) bond motifs is 1. The van der Waals surface area contributed by atoms with E-state index in [9.17, 15) is 23.1 Å². The predicted octanol–water partition coefficient (Wildman–Crippen LogP) is 3.34. The molecule has 214 valence electrons. The molecule has 0 aliphatic carbocycles. The number of hydrogen-bond donors (Lipinski definition) is 3. The van der Waals surface area contributed by atoms with Crippen LogP contribution in [0.5, 0.6) is 5.75 Å². The van der Waals surface area contributed by atoms with E-state index in [1.807, 2.05) is 20.8 Å². The van der Waals surface area contributed by atoms with Crippen molar-refractivity contribution in [3.63, 3.8) is 0 Å². The number of ether oxygens (including phenoxy) is 1. The molecular formula is C27H37ClN4O6S. The van der Waals surface area contributed by atoms with Crippen molar-refractivity contribution in [1.29, 1.82) is 0 Å². The molecule has 0 aromatic heterocycles. The van der Waals surface area contributed by atoms with Crippen molar-refractivity contribution in [2.45, 2.75) is 57.2 Å². The number of nitrogens with zero attached hydrogens (tertiary/aromatic N) is 2. The topological polar surface area (TPSA) is 128 Å². The van der Waals surface area contributed by atoms with Crippen molar-refractivity contribution in [2.24, 2.45) is 5.92 Å². The zero-order valence-electron chi connectivity index (χ0n) is 22.8. The Morgan fingerprint density at radius 3 is 2.49 bits per heavy atom. The smallest absolute Gasteiger partial charge is 0.319 e. The Kier molecular flexibility index (Phi) is 10.2. The van der Waals surface area contributed by atoms with Gasteiger partial charge in [0.15, 0.2) is 0 Å². The summed E-state index contributed by atoms with van der Waals surface area (Å²) >= 11 is 5.93. The van der Waals surface area contributed by atoms with Crippen LogP contribution in [0.1, 0.15) is 33.3 Å². The summed E-state index contributed by atoms with van der Waals surface area (Å²) in [7, 11) is -2.36. The highest BCUT2D eigenvalue weighted by Crippen LogP contribution is 2.30. The fraction of sp³-hybridized carbons (Fsp3) is 0.481. The minimum absolute atomic E-state index is 0.0118. The van der Waals surface area contributed by atoms with Crippen LogP contribution in [0.2, 0.25) is 5.02 Å². The van der Waals surface area contributed by atoms with Gasteiger partial charge in [0, 0.05) is 41.8 Å². The molecule has 2 aromatic rings. The Balaban J connectivity index is 1.95. The summed E-state index contributed by atoms with van der Waals surface area (Å²) in [5.74, 6) is -0.0722. The van der Waals surface area contributed by atoms with Gasteiger partial charge in [0.2, 0.25) is 15.9 Å². The van der Waals surface area contributed by atoms with Crippen LogP contribution < -0.4 is 15.4 Å². The molecule has 0 saturated heterocycles. The molecule has 1 aliphatic heterocycles. The largest absolute Gasteiger partial charge is 0.488 e. The zero-order chi connectivity index (χ0) is 28.9. The van der Waals surface area contributed by atoms with E-state index in [1.54, 1.807) is 30.0 Å². The number of amides is 3. The fourth-order valence-corrected chi connectivity index (χ4v) is 5.60. The Morgan fingerprint density at radius 2 is 1.87 bits per heavy atom. The molecule has 3 amide bonds. The fourth-order valence-electron chi connectivity index (χ4n) is 4.29.